The van der Waals surface area contributed by atoms with Gasteiger partial charge in [0, 0.05) is 6.42 Å². The van der Waals surface area contributed by atoms with E-state index in [-0.39, 0.29) is 11.5 Å². The van der Waals surface area contributed by atoms with Gasteiger partial charge < -0.3 is 9.72 Å². The molecule has 116 valence electrons. The van der Waals surface area contributed by atoms with Crippen LogP contribution in [0, 0.1) is 0 Å². The Morgan fingerprint density at radius 2 is 1.87 bits per heavy atom. The first kappa shape index (κ1) is 15.0. The third-order valence-corrected chi connectivity index (χ3v) is 3.53. The zero-order chi connectivity index (χ0) is 16.2. The summed E-state index contributed by atoms with van der Waals surface area (Å²) in [5.41, 5.74) is 1.72. The van der Waals surface area contributed by atoms with Crippen molar-refractivity contribution in [1.29, 1.82) is 0 Å². The quantitative estimate of drug-likeness (QED) is 0.752. The summed E-state index contributed by atoms with van der Waals surface area (Å²) in [7, 11) is 0. The lowest BCUT2D eigenvalue weighted by Gasteiger charge is -2.08. The third-order valence-electron chi connectivity index (χ3n) is 3.53. The lowest BCUT2D eigenvalue weighted by atomic mass is 10.0. The van der Waals surface area contributed by atoms with Crippen LogP contribution >= 0.6 is 0 Å². The van der Waals surface area contributed by atoms with E-state index < -0.39 is 0 Å². The van der Waals surface area contributed by atoms with E-state index in [0.29, 0.717) is 35.3 Å². The van der Waals surface area contributed by atoms with Crippen molar-refractivity contribution in [2.24, 2.45) is 0 Å². The van der Waals surface area contributed by atoms with Crippen molar-refractivity contribution in [3.05, 3.63) is 75.8 Å². The number of rotatable bonds is 4. The Morgan fingerprint density at radius 3 is 2.70 bits per heavy atom. The Hall–Kier alpha value is -2.95. The van der Waals surface area contributed by atoms with Crippen LogP contribution in [0.5, 0.6) is 0 Å². The van der Waals surface area contributed by atoms with Gasteiger partial charge in [0.1, 0.15) is 5.82 Å². The summed E-state index contributed by atoms with van der Waals surface area (Å²) in [6.07, 6.45) is 0.356. The van der Waals surface area contributed by atoms with Gasteiger partial charge in [-0.15, -0.1) is 0 Å². The first-order chi connectivity index (χ1) is 11.2. The van der Waals surface area contributed by atoms with E-state index in [1.54, 1.807) is 37.3 Å². The van der Waals surface area contributed by atoms with Crippen molar-refractivity contribution >= 4 is 16.9 Å². The number of H-pyrrole nitrogens is 1. The Balaban J connectivity index is 2.00. The molecule has 0 saturated heterocycles. The second-order valence-electron chi connectivity index (χ2n) is 5.08. The van der Waals surface area contributed by atoms with E-state index in [1.165, 1.54) is 0 Å². The van der Waals surface area contributed by atoms with Crippen LogP contribution in [0.2, 0.25) is 0 Å². The maximum absolute atomic E-state index is 12.1. The molecule has 0 aliphatic carbocycles. The largest absolute Gasteiger partial charge is 0.462 e. The molecule has 0 spiro atoms. The molecule has 0 saturated carbocycles. The van der Waals surface area contributed by atoms with Gasteiger partial charge in [0.2, 0.25) is 0 Å². The van der Waals surface area contributed by atoms with Gasteiger partial charge >= 0.3 is 5.97 Å². The first-order valence-electron chi connectivity index (χ1n) is 7.42. The molecule has 2 aromatic carbocycles. The van der Waals surface area contributed by atoms with Crippen molar-refractivity contribution in [1.82, 2.24) is 9.97 Å². The zero-order valence-corrected chi connectivity index (χ0v) is 12.7. The Morgan fingerprint density at radius 1 is 1.13 bits per heavy atom. The zero-order valence-electron chi connectivity index (χ0n) is 12.7. The van der Waals surface area contributed by atoms with Crippen molar-refractivity contribution in [2.75, 3.05) is 6.61 Å². The number of nitrogens with one attached hydrogen (secondary N) is 1. The van der Waals surface area contributed by atoms with Gasteiger partial charge in [-0.25, -0.2) is 9.78 Å². The van der Waals surface area contributed by atoms with Crippen LogP contribution < -0.4 is 5.56 Å². The average molecular weight is 308 g/mol. The van der Waals surface area contributed by atoms with Crippen molar-refractivity contribution in [3.8, 4) is 0 Å². The summed E-state index contributed by atoms with van der Waals surface area (Å²) in [6.45, 7) is 2.08. The predicted octanol–water partition coefficient (Wildman–Crippen LogP) is 2.69. The second kappa shape index (κ2) is 6.44. The molecule has 5 heteroatoms. The molecule has 5 nitrogen and oxygen atoms in total. The number of hydrogen-bond acceptors (Lipinski definition) is 4. The van der Waals surface area contributed by atoms with Gasteiger partial charge in [-0.1, -0.05) is 30.3 Å². The molecule has 0 fully saturated rings. The molecule has 1 N–H and O–H groups in total. The molecule has 0 bridgehead atoms. The highest BCUT2D eigenvalue weighted by molar-refractivity contribution is 5.91. The van der Waals surface area contributed by atoms with Crippen molar-refractivity contribution in [2.45, 2.75) is 13.3 Å². The molecule has 0 unspecified atom stereocenters. The number of aromatic nitrogens is 2. The molecule has 3 aromatic rings. The van der Waals surface area contributed by atoms with Crippen LogP contribution in [0.1, 0.15) is 28.7 Å². The minimum Gasteiger partial charge on any atom is -0.462 e. The summed E-state index contributed by atoms with van der Waals surface area (Å²) in [6, 6.07) is 14.3. The standard InChI is InChI=1S/C18H16N2O3/c1-2-23-18(22)13-8-4-3-7-12(13)11-16-19-15-10-6-5-9-14(15)17(21)20-16/h3-10H,2,11H2,1H3,(H,19,20,21). The highest BCUT2D eigenvalue weighted by Crippen LogP contribution is 2.14. The summed E-state index contributed by atoms with van der Waals surface area (Å²) in [4.78, 5) is 31.4. The van der Waals surface area contributed by atoms with Gasteiger partial charge in [-0.3, -0.25) is 4.79 Å². The maximum atomic E-state index is 12.1. The number of carbonyl (C=O) groups is 1. The average Bonchev–Trinajstić information content (AvgIpc) is 2.55. The highest BCUT2D eigenvalue weighted by atomic mass is 16.5. The van der Waals surface area contributed by atoms with Gasteiger partial charge in [0.15, 0.2) is 0 Å². The summed E-state index contributed by atoms with van der Waals surface area (Å²) in [5, 5.41) is 0.551. The Bertz CT molecular complexity index is 915. The number of ether oxygens (including phenoxy) is 1. The fraction of sp³-hybridized carbons (Fsp3) is 0.167. The van der Waals surface area contributed by atoms with Gasteiger partial charge in [-0.2, -0.15) is 0 Å². The van der Waals surface area contributed by atoms with Crippen LogP contribution in [0.4, 0.5) is 0 Å². The number of carbonyl (C=O) groups excluding carboxylic acids is 1. The summed E-state index contributed by atoms with van der Waals surface area (Å²) < 4.78 is 5.07. The lowest BCUT2D eigenvalue weighted by molar-refractivity contribution is 0.0525. The number of para-hydroxylation sites is 1. The minimum atomic E-state index is -0.369. The number of nitrogens with zero attached hydrogens (tertiary/aromatic N) is 1. The van der Waals surface area contributed by atoms with E-state index in [0.717, 1.165) is 5.56 Å². The molecule has 1 aromatic heterocycles. The SMILES string of the molecule is CCOC(=O)c1ccccc1Cc1nc2ccccc2c(=O)[nH]1. The number of benzene rings is 2. The second-order valence-corrected chi connectivity index (χ2v) is 5.08. The van der Waals surface area contributed by atoms with Crippen LogP contribution in [-0.2, 0) is 11.2 Å². The van der Waals surface area contributed by atoms with Gasteiger partial charge in [0.25, 0.3) is 5.56 Å². The topological polar surface area (TPSA) is 72.0 Å². The molecular weight excluding hydrogens is 292 g/mol. The lowest BCUT2D eigenvalue weighted by Crippen LogP contribution is -2.14. The smallest absolute Gasteiger partial charge is 0.338 e. The van der Waals surface area contributed by atoms with Crippen LogP contribution in [0.15, 0.2) is 53.3 Å². The molecule has 0 amide bonds. The van der Waals surface area contributed by atoms with Gasteiger partial charge in [0.05, 0.1) is 23.1 Å². The molecule has 0 atom stereocenters. The summed E-state index contributed by atoms with van der Waals surface area (Å²) in [5.74, 6) is 0.150. The van der Waals surface area contributed by atoms with Crippen LogP contribution in [-0.4, -0.2) is 22.5 Å². The van der Waals surface area contributed by atoms with Crippen LogP contribution in [0.25, 0.3) is 10.9 Å². The number of hydrogen-bond donors (Lipinski definition) is 1. The van der Waals surface area contributed by atoms with Crippen LogP contribution in [0.3, 0.4) is 0 Å². The fourth-order valence-electron chi connectivity index (χ4n) is 2.48. The minimum absolute atomic E-state index is 0.181. The third kappa shape index (κ3) is 3.13. The highest BCUT2D eigenvalue weighted by Gasteiger charge is 2.13. The molecule has 0 aliphatic rings. The Kier molecular flexibility index (Phi) is 4.19. The van der Waals surface area contributed by atoms with Crippen molar-refractivity contribution in [3.63, 3.8) is 0 Å². The molecule has 1 heterocycles. The molecule has 3 rings (SSSR count). The monoisotopic (exact) mass is 308 g/mol. The molecule has 0 radical (unpaired) electrons. The van der Waals surface area contributed by atoms with E-state index >= 15 is 0 Å². The van der Waals surface area contributed by atoms with Gasteiger partial charge in [-0.05, 0) is 30.7 Å². The molecule has 23 heavy (non-hydrogen) atoms. The Labute approximate surface area is 133 Å². The maximum Gasteiger partial charge on any atom is 0.338 e. The summed E-state index contributed by atoms with van der Waals surface area (Å²) >= 11 is 0. The van der Waals surface area contributed by atoms with E-state index in [4.69, 9.17) is 4.74 Å². The molecular formula is C18H16N2O3. The first-order valence-corrected chi connectivity index (χ1v) is 7.42. The van der Waals surface area contributed by atoms with Crippen molar-refractivity contribution < 1.29 is 9.53 Å². The van der Waals surface area contributed by atoms with E-state index in [2.05, 4.69) is 9.97 Å². The fourth-order valence-corrected chi connectivity index (χ4v) is 2.48. The number of aromatic amines is 1. The molecule has 0 aliphatic heterocycles. The predicted molar refractivity (Wildman–Crippen MR) is 87.6 cm³/mol. The number of esters is 1. The van der Waals surface area contributed by atoms with E-state index in [1.807, 2.05) is 18.2 Å². The normalized spacial score (nSPS) is 10.7. The van der Waals surface area contributed by atoms with E-state index in [9.17, 15) is 9.59 Å². The number of fused-ring (bicyclic) bond motifs is 1.